The Morgan fingerprint density at radius 2 is 2.05 bits per heavy atom. The molecule has 114 valence electrons. The van der Waals surface area contributed by atoms with Gasteiger partial charge in [-0.05, 0) is 18.6 Å². The number of ether oxygens (including phenoxy) is 2. The van der Waals surface area contributed by atoms with Gasteiger partial charge in [-0.15, -0.1) is 0 Å². The maximum Gasteiger partial charge on any atom is 0.258 e. The monoisotopic (exact) mass is 315 g/mol. The van der Waals surface area contributed by atoms with Crippen LogP contribution in [0, 0.1) is 5.82 Å². The number of carbonyl (C=O) groups is 1. The molecule has 2 aliphatic rings. The Bertz CT molecular complexity index is 574. The average Bonchev–Trinajstić information content (AvgIpc) is 2.91. The van der Waals surface area contributed by atoms with Gasteiger partial charge in [-0.3, -0.25) is 4.79 Å². The summed E-state index contributed by atoms with van der Waals surface area (Å²) in [6, 6.07) is 1.98. The summed E-state index contributed by atoms with van der Waals surface area (Å²) in [6.45, 7) is 2.07. The summed E-state index contributed by atoms with van der Waals surface area (Å²) in [5.74, 6) is -1.52. The third-order valence-corrected chi connectivity index (χ3v) is 4.28. The minimum atomic E-state index is -0.661. The van der Waals surface area contributed by atoms with Crippen LogP contribution in [0.25, 0.3) is 0 Å². The number of morpholine rings is 1. The maximum absolute atomic E-state index is 13.5. The van der Waals surface area contributed by atoms with E-state index in [1.54, 1.807) is 4.90 Å². The number of amides is 1. The summed E-state index contributed by atoms with van der Waals surface area (Å²) in [6.07, 6.45) is 0.655. The van der Waals surface area contributed by atoms with Gasteiger partial charge in [0.2, 0.25) is 0 Å². The Morgan fingerprint density at radius 3 is 2.76 bits per heavy atom. The summed E-state index contributed by atoms with van der Waals surface area (Å²) in [5, 5.41) is 9.77. The van der Waals surface area contributed by atoms with E-state index in [2.05, 4.69) is 0 Å². The molecule has 2 aliphatic heterocycles. The van der Waals surface area contributed by atoms with E-state index in [-0.39, 0.29) is 10.6 Å². The molecule has 2 fully saturated rings. The van der Waals surface area contributed by atoms with Crippen LogP contribution in [0.5, 0.6) is 5.75 Å². The van der Waals surface area contributed by atoms with Crippen LogP contribution in [-0.4, -0.2) is 54.4 Å². The van der Waals surface area contributed by atoms with Gasteiger partial charge in [0.1, 0.15) is 11.6 Å². The SMILES string of the molecule is O=C(c1cc(F)cc(Cl)c1O)N1CCOCC12CCOC2. The Morgan fingerprint density at radius 1 is 1.33 bits per heavy atom. The number of rotatable bonds is 1. The van der Waals surface area contributed by atoms with Gasteiger partial charge in [-0.25, -0.2) is 4.39 Å². The van der Waals surface area contributed by atoms with Crippen LogP contribution in [0.2, 0.25) is 5.02 Å². The lowest BCUT2D eigenvalue weighted by atomic mass is 9.94. The lowest BCUT2D eigenvalue weighted by Crippen LogP contribution is -2.59. The maximum atomic E-state index is 13.5. The molecule has 0 aliphatic carbocycles. The zero-order valence-corrected chi connectivity index (χ0v) is 12.0. The normalized spacial score (nSPS) is 25.5. The smallest absolute Gasteiger partial charge is 0.258 e. The third kappa shape index (κ3) is 2.47. The van der Waals surface area contributed by atoms with Gasteiger partial charge in [0.25, 0.3) is 5.91 Å². The van der Waals surface area contributed by atoms with Crippen molar-refractivity contribution in [2.75, 3.05) is 33.0 Å². The minimum Gasteiger partial charge on any atom is -0.506 e. The molecular weight excluding hydrogens is 301 g/mol. The highest BCUT2D eigenvalue weighted by Crippen LogP contribution is 2.34. The van der Waals surface area contributed by atoms with Gasteiger partial charge < -0.3 is 19.5 Å². The minimum absolute atomic E-state index is 0.131. The fourth-order valence-corrected chi connectivity index (χ4v) is 3.05. The molecule has 0 aromatic heterocycles. The van der Waals surface area contributed by atoms with Crippen molar-refractivity contribution in [1.29, 1.82) is 0 Å². The van der Waals surface area contributed by atoms with E-state index in [1.165, 1.54) is 0 Å². The Balaban J connectivity index is 1.97. The van der Waals surface area contributed by atoms with E-state index in [1.807, 2.05) is 0 Å². The molecule has 21 heavy (non-hydrogen) atoms. The van der Waals surface area contributed by atoms with Crippen LogP contribution in [0.15, 0.2) is 12.1 Å². The molecule has 1 aromatic rings. The number of hydrogen-bond donors (Lipinski definition) is 1. The summed E-state index contributed by atoms with van der Waals surface area (Å²) in [5.41, 5.74) is -0.672. The van der Waals surface area contributed by atoms with Gasteiger partial charge in [-0.2, -0.15) is 0 Å². The van der Waals surface area contributed by atoms with Crippen molar-refractivity contribution in [3.05, 3.63) is 28.5 Å². The Kier molecular flexibility index (Phi) is 3.77. The topological polar surface area (TPSA) is 59.0 Å². The van der Waals surface area contributed by atoms with Crippen molar-refractivity contribution in [1.82, 2.24) is 4.90 Å². The largest absolute Gasteiger partial charge is 0.506 e. The van der Waals surface area contributed by atoms with Crippen molar-refractivity contribution in [2.45, 2.75) is 12.0 Å². The molecule has 1 N–H and O–H groups in total. The second-order valence-corrected chi connectivity index (χ2v) is 5.73. The van der Waals surface area contributed by atoms with Gasteiger partial charge in [0.15, 0.2) is 0 Å². The molecule has 1 spiro atoms. The second kappa shape index (κ2) is 5.44. The van der Waals surface area contributed by atoms with Crippen molar-refractivity contribution < 1.29 is 23.8 Å². The standard InChI is InChI=1S/C14H15ClFNO4/c15-11-6-9(16)5-10(12(11)18)13(19)17-2-4-21-8-14(17)1-3-20-7-14/h5-6,18H,1-4,7-8H2. The van der Waals surface area contributed by atoms with E-state index in [0.717, 1.165) is 12.1 Å². The molecule has 0 saturated carbocycles. The molecule has 2 saturated heterocycles. The number of aromatic hydroxyl groups is 1. The first kappa shape index (κ1) is 14.6. The number of nitrogens with zero attached hydrogens (tertiary/aromatic N) is 1. The predicted molar refractivity (Wildman–Crippen MR) is 73.1 cm³/mol. The first-order valence-corrected chi connectivity index (χ1v) is 7.07. The molecule has 1 aromatic carbocycles. The number of hydrogen-bond acceptors (Lipinski definition) is 4. The molecule has 7 heteroatoms. The van der Waals surface area contributed by atoms with Crippen LogP contribution < -0.4 is 0 Å². The van der Waals surface area contributed by atoms with Crippen LogP contribution in [-0.2, 0) is 9.47 Å². The Hall–Kier alpha value is -1.37. The highest BCUT2D eigenvalue weighted by atomic mass is 35.5. The predicted octanol–water partition coefficient (Wildman–Crippen LogP) is 1.82. The van der Waals surface area contributed by atoms with E-state index in [9.17, 15) is 14.3 Å². The van der Waals surface area contributed by atoms with Crippen molar-refractivity contribution >= 4 is 17.5 Å². The molecule has 0 bridgehead atoms. The molecule has 5 nitrogen and oxygen atoms in total. The van der Waals surface area contributed by atoms with E-state index in [0.29, 0.717) is 39.4 Å². The molecule has 1 unspecified atom stereocenters. The van der Waals surface area contributed by atoms with E-state index < -0.39 is 23.0 Å². The molecule has 3 rings (SSSR count). The zero-order valence-electron chi connectivity index (χ0n) is 11.3. The van der Waals surface area contributed by atoms with E-state index in [4.69, 9.17) is 21.1 Å². The highest BCUT2D eigenvalue weighted by molar-refractivity contribution is 6.32. The molecule has 1 atom stereocenters. The Labute approximate surface area is 126 Å². The second-order valence-electron chi connectivity index (χ2n) is 5.32. The van der Waals surface area contributed by atoms with Crippen LogP contribution >= 0.6 is 11.6 Å². The first-order chi connectivity index (χ1) is 10.0. The summed E-state index contributed by atoms with van der Waals surface area (Å²) < 4.78 is 24.3. The zero-order chi connectivity index (χ0) is 15.0. The van der Waals surface area contributed by atoms with Crippen molar-refractivity contribution in [3.8, 4) is 5.75 Å². The number of benzene rings is 1. The fourth-order valence-electron chi connectivity index (χ4n) is 2.85. The average molecular weight is 316 g/mol. The van der Waals surface area contributed by atoms with E-state index >= 15 is 0 Å². The molecule has 0 radical (unpaired) electrons. The van der Waals surface area contributed by atoms with Gasteiger partial charge in [0.05, 0.1) is 35.9 Å². The highest BCUT2D eigenvalue weighted by Gasteiger charge is 2.46. The van der Waals surface area contributed by atoms with Crippen LogP contribution in [0.4, 0.5) is 4.39 Å². The molecular formula is C14H15ClFNO4. The van der Waals surface area contributed by atoms with Crippen molar-refractivity contribution in [3.63, 3.8) is 0 Å². The van der Waals surface area contributed by atoms with Gasteiger partial charge in [0, 0.05) is 13.2 Å². The lowest BCUT2D eigenvalue weighted by molar-refractivity contribution is -0.0552. The number of phenolic OH excluding ortho intramolecular Hbond substituents is 1. The summed E-state index contributed by atoms with van der Waals surface area (Å²) in [7, 11) is 0. The molecule has 1 amide bonds. The number of phenols is 1. The lowest BCUT2D eigenvalue weighted by Gasteiger charge is -2.43. The van der Waals surface area contributed by atoms with Crippen molar-refractivity contribution in [2.24, 2.45) is 0 Å². The van der Waals surface area contributed by atoms with Gasteiger partial charge >= 0.3 is 0 Å². The number of halogens is 2. The van der Waals surface area contributed by atoms with Crippen LogP contribution in [0.1, 0.15) is 16.8 Å². The van der Waals surface area contributed by atoms with Gasteiger partial charge in [-0.1, -0.05) is 11.6 Å². The van der Waals surface area contributed by atoms with Crippen LogP contribution in [0.3, 0.4) is 0 Å². The number of carbonyl (C=O) groups excluding carboxylic acids is 1. The molecule has 2 heterocycles. The summed E-state index contributed by atoms with van der Waals surface area (Å²) >= 11 is 5.74. The quantitative estimate of drug-likeness (QED) is 0.859. The third-order valence-electron chi connectivity index (χ3n) is 3.99. The fraction of sp³-hybridized carbons (Fsp3) is 0.500. The first-order valence-electron chi connectivity index (χ1n) is 6.69. The summed E-state index contributed by atoms with van der Waals surface area (Å²) in [4.78, 5) is 14.3.